The molecule has 1 fully saturated rings. The number of carbonyl (C=O) groups excluding carboxylic acids is 1. The summed E-state index contributed by atoms with van der Waals surface area (Å²) < 4.78 is 14.4. The Morgan fingerprint density at radius 1 is 1.22 bits per heavy atom. The van der Waals surface area contributed by atoms with Gasteiger partial charge in [-0.2, -0.15) is 5.10 Å². The van der Waals surface area contributed by atoms with Gasteiger partial charge in [-0.25, -0.2) is 9.40 Å². The van der Waals surface area contributed by atoms with E-state index in [4.69, 9.17) is 4.99 Å². The first-order chi connectivity index (χ1) is 15.6. The first kappa shape index (κ1) is 20.9. The largest absolute Gasteiger partial charge is 0.362 e. The zero-order valence-electron chi connectivity index (χ0n) is 17.3. The Morgan fingerprint density at radius 3 is 2.75 bits per heavy atom. The average molecular weight is 496 g/mol. The number of hydrogen-bond donors (Lipinski definition) is 2. The first-order valence-corrected chi connectivity index (χ1v) is 11.6. The molecule has 0 radical (unpaired) electrons. The van der Waals surface area contributed by atoms with Gasteiger partial charge in [0.15, 0.2) is 0 Å². The van der Waals surface area contributed by atoms with Crippen molar-refractivity contribution in [2.24, 2.45) is 16.0 Å². The molecule has 8 heteroatoms. The molecule has 2 unspecified atom stereocenters. The number of carbonyl (C=O) groups is 1. The Morgan fingerprint density at radius 2 is 2.00 bits per heavy atom. The van der Waals surface area contributed by atoms with Gasteiger partial charge in [-0.05, 0) is 48.6 Å². The van der Waals surface area contributed by atoms with Crippen LogP contribution in [-0.4, -0.2) is 40.5 Å². The van der Waals surface area contributed by atoms with Crippen molar-refractivity contribution < 1.29 is 9.18 Å². The van der Waals surface area contributed by atoms with E-state index in [0.29, 0.717) is 35.1 Å². The van der Waals surface area contributed by atoms with E-state index >= 15 is 0 Å². The van der Waals surface area contributed by atoms with Crippen LogP contribution in [0.2, 0.25) is 0 Å². The Balaban J connectivity index is 1.34. The van der Waals surface area contributed by atoms with Crippen LogP contribution in [0.4, 0.5) is 4.39 Å². The lowest BCUT2D eigenvalue weighted by atomic mass is 10.1. The highest BCUT2D eigenvalue weighted by molar-refractivity contribution is 9.10. The van der Waals surface area contributed by atoms with E-state index in [1.165, 1.54) is 18.9 Å². The number of halogens is 2. The third kappa shape index (κ3) is 4.46. The molecule has 0 saturated heterocycles. The van der Waals surface area contributed by atoms with E-state index in [9.17, 15) is 9.18 Å². The molecular weight excluding hydrogens is 473 g/mol. The molecule has 2 aliphatic heterocycles. The summed E-state index contributed by atoms with van der Waals surface area (Å²) in [6, 6.07) is 14.1. The van der Waals surface area contributed by atoms with Crippen LogP contribution in [0.5, 0.6) is 0 Å². The number of nitrogens with zero attached hydrogens (tertiary/aromatic N) is 3. The summed E-state index contributed by atoms with van der Waals surface area (Å²) in [6.07, 6.45) is 5.84. The summed E-state index contributed by atoms with van der Waals surface area (Å²) in [4.78, 5) is 17.0. The van der Waals surface area contributed by atoms with Crippen LogP contribution in [0.3, 0.4) is 0 Å². The summed E-state index contributed by atoms with van der Waals surface area (Å²) in [7, 11) is 0. The van der Waals surface area contributed by atoms with Gasteiger partial charge in [0.1, 0.15) is 17.8 Å². The Kier molecular flexibility index (Phi) is 5.78. The van der Waals surface area contributed by atoms with E-state index in [1.807, 2.05) is 36.4 Å². The molecule has 0 aromatic heterocycles. The molecule has 3 aliphatic rings. The minimum atomic E-state index is -0.292. The van der Waals surface area contributed by atoms with Crippen LogP contribution < -0.4 is 10.6 Å². The molecule has 1 saturated carbocycles. The second kappa shape index (κ2) is 8.86. The summed E-state index contributed by atoms with van der Waals surface area (Å²) in [5.41, 5.74) is 2.79. The topological polar surface area (TPSA) is 69.1 Å². The third-order valence-corrected chi connectivity index (χ3v) is 6.50. The zero-order valence-corrected chi connectivity index (χ0v) is 18.9. The van der Waals surface area contributed by atoms with Crippen molar-refractivity contribution >= 4 is 39.6 Å². The molecule has 5 rings (SSSR count). The fraction of sp³-hybridized carbons (Fsp3) is 0.292. The van der Waals surface area contributed by atoms with Crippen LogP contribution >= 0.6 is 15.9 Å². The lowest BCUT2D eigenvalue weighted by Crippen LogP contribution is -2.50. The van der Waals surface area contributed by atoms with Crippen LogP contribution in [0.25, 0.3) is 5.70 Å². The zero-order chi connectivity index (χ0) is 22.1. The second-order valence-electron chi connectivity index (χ2n) is 8.21. The molecule has 2 aromatic rings. The Bertz CT molecular complexity index is 1110. The van der Waals surface area contributed by atoms with Gasteiger partial charge in [0.05, 0.1) is 11.4 Å². The normalized spacial score (nSPS) is 23.0. The van der Waals surface area contributed by atoms with Crippen LogP contribution in [0, 0.1) is 11.7 Å². The number of hydrogen-bond acceptors (Lipinski definition) is 4. The lowest BCUT2D eigenvalue weighted by molar-refractivity contribution is 0.0952. The number of rotatable bonds is 6. The molecule has 2 N–H and O–H groups in total. The quantitative estimate of drug-likeness (QED) is 0.597. The average Bonchev–Trinajstić information content (AvgIpc) is 3.58. The van der Waals surface area contributed by atoms with Crippen molar-refractivity contribution in [1.82, 2.24) is 15.6 Å². The van der Waals surface area contributed by atoms with E-state index in [-0.39, 0.29) is 22.7 Å². The van der Waals surface area contributed by atoms with Gasteiger partial charge in [0.2, 0.25) is 0 Å². The standard InChI is InChI=1S/C24H23BrFN5O/c25-19-14-29-31-22(11-21(30-23(19)31)18-3-1-2-4-20(18)26)27-12-16-7-9-17(10-8-16)24(32)28-13-15-5-6-15/h1-4,7-11,14-15,19,23,30H,5-6,12-13H2,(H,28,32). The van der Waals surface area contributed by atoms with E-state index in [2.05, 4.69) is 31.7 Å². The van der Waals surface area contributed by atoms with E-state index in [1.54, 1.807) is 23.4 Å². The van der Waals surface area contributed by atoms with Gasteiger partial charge in [0, 0.05) is 35.7 Å². The van der Waals surface area contributed by atoms with Gasteiger partial charge < -0.3 is 10.6 Å². The van der Waals surface area contributed by atoms with Gasteiger partial charge in [-0.1, -0.05) is 40.2 Å². The lowest BCUT2D eigenvalue weighted by Gasteiger charge is -2.33. The number of benzene rings is 2. The van der Waals surface area contributed by atoms with Crippen molar-refractivity contribution in [3.63, 3.8) is 0 Å². The predicted octanol–water partition coefficient (Wildman–Crippen LogP) is 3.90. The minimum absolute atomic E-state index is 0.0309. The molecule has 32 heavy (non-hydrogen) atoms. The maximum Gasteiger partial charge on any atom is 0.251 e. The van der Waals surface area contributed by atoms with Crippen molar-refractivity contribution in [2.45, 2.75) is 30.4 Å². The van der Waals surface area contributed by atoms with Crippen LogP contribution in [0.15, 0.2) is 64.7 Å². The maximum absolute atomic E-state index is 14.4. The summed E-state index contributed by atoms with van der Waals surface area (Å²) >= 11 is 3.60. The number of aliphatic imine (C=N–C) groups is 1. The van der Waals surface area contributed by atoms with Crippen molar-refractivity contribution in [1.29, 1.82) is 0 Å². The van der Waals surface area contributed by atoms with Gasteiger partial charge >= 0.3 is 0 Å². The molecule has 0 spiro atoms. The van der Waals surface area contributed by atoms with Crippen molar-refractivity contribution in [3.8, 4) is 0 Å². The number of nitrogens with one attached hydrogen (secondary N) is 2. The van der Waals surface area contributed by atoms with Gasteiger partial charge in [0.25, 0.3) is 5.91 Å². The fourth-order valence-corrected chi connectivity index (χ4v) is 4.17. The number of fused-ring (bicyclic) bond motifs is 1. The first-order valence-electron chi connectivity index (χ1n) is 10.7. The molecule has 164 valence electrons. The van der Waals surface area contributed by atoms with Gasteiger partial charge in [-0.15, -0.1) is 0 Å². The molecule has 2 aromatic carbocycles. The number of amides is 1. The molecule has 6 nitrogen and oxygen atoms in total. The SMILES string of the molecule is O=C(NCC1CC1)c1ccc(CN=C2C=C(c3ccccc3F)NC3C(Br)C=NN23)cc1. The third-order valence-electron chi connectivity index (χ3n) is 5.76. The van der Waals surface area contributed by atoms with E-state index in [0.717, 1.165) is 12.1 Å². The highest BCUT2D eigenvalue weighted by atomic mass is 79.9. The highest BCUT2D eigenvalue weighted by Gasteiger charge is 2.36. The Labute approximate surface area is 194 Å². The fourth-order valence-electron chi connectivity index (χ4n) is 3.71. The smallest absolute Gasteiger partial charge is 0.251 e. The van der Waals surface area contributed by atoms with E-state index < -0.39 is 0 Å². The molecule has 2 atom stereocenters. The monoisotopic (exact) mass is 495 g/mol. The highest BCUT2D eigenvalue weighted by Crippen LogP contribution is 2.28. The van der Waals surface area contributed by atoms with Gasteiger partial charge in [-0.3, -0.25) is 9.79 Å². The maximum atomic E-state index is 14.4. The molecule has 0 bridgehead atoms. The summed E-state index contributed by atoms with van der Waals surface area (Å²) in [5.74, 6) is 0.969. The van der Waals surface area contributed by atoms with Crippen molar-refractivity contribution in [3.05, 3.63) is 77.1 Å². The summed E-state index contributed by atoms with van der Waals surface area (Å²) in [5, 5.41) is 12.6. The molecule has 2 heterocycles. The number of hydrazone groups is 1. The second-order valence-corrected chi connectivity index (χ2v) is 9.26. The van der Waals surface area contributed by atoms with Crippen molar-refractivity contribution in [2.75, 3.05) is 6.54 Å². The number of amidine groups is 1. The molecule has 1 aliphatic carbocycles. The van der Waals surface area contributed by atoms with Crippen LogP contribution in [-0.2, 0) is 6.54 Å². The molecular formula is C24H23BrFN5O. The summed E-state index contributed by atoms with van der Waals surface area (Å²) in [6.45, 7) is 1.18. The molecule has 1 amide bonds. The minimum Gasteiger partial charge on any atom is -0.362 e. The van der Waals surface area contributed by atoms with Crippen LogP contribution in [0.1, 0.15) is 34.3 Å². The number of alkyl halides is 1. The Hall–Kier alpha value is -3.00. The predicted molar refractivity (Wildman–Crippen MR) is 127 cm³/mol.